The van der Waals surface area contributed by atoms with Crippen molar-refractivity contribution in [3.8, 4) is 0 Å². The van der Waals surface area contributed by atoms with Crippen molar-refractivity contribution >= 4 is 31.9 Å². The van der Waals surface area contributed by atoms with E-state index in [1.54, 1.807) is 0 Å². The molecule has 2 spiro atoms. The number of hydrogen-bond acceptors (Lipinski definition) is 4. The third kappa shape index (κ3) is 0.636. The number of ether oxygens (including phenoxy) is 4. The Hall–Kier alpha value is 0.800. The van der Waals surface area contributed by atoms with Crippen LogP contribution in [0.15, 0.2) is 0 Å². The van der Waals surface area contributed by atoms with Crippen molar-refractivity contribution in [3.05, 3.63) is 0 Å². The molecule has 8 aliphatic rings. The van der Waals surface area contributed by atoms with E-state index in [-0.39, 0.29) is 8.65 Å². The standard InChI is InChI=1S/C14H14Br2O4/c15-11-5-6-8(11)10-9(13(11)17-1-2-18-13)7(5)12(6,16)14(10)19-3-4-20-14/h5-10H,1-4H2/t5-,6-,7-,8+,9+,10-,11-,12+/m1/s1. The molecule has 0 aromatic rings. The van der Waals surface area contributed by atoms with E-state index in [2.05, 4.69) is 31.9 Å². The van der Waals surface area contributed by atoms with Gasteiger partial charge >= 0.3 is 0 Å². The van der Waals surface area contributed by atoms with Crippen molar-refractivity contribution in [2.75, 3.05) is 26.4 Å². The molecule has 6 aliphatic carbocycles. The highest BCUT2D eigenvalue weighted by molar-refractivity contribution is 9.10. The first kappa shape index (κ1) is 11.4. The molecule has 2 aliphatic heterocycles. The van der Waals surface area contributed by atoms with Gasteiger partial charge in [-0.25, -0.2) is 0 Å². The number of halogens is 2. The van der Waals surface area contributed by atoms with E-state index in [0.29, 0.717) is 35.5 Å². The van der Waals surface area contributed by atoms with Crippen LogP contribution in [0.4, 0.5) is 0 Å². The van der Waals surface area contributed by atoms with Gasteiger partial charge in [-0.3, -0.25) is 0 Å². The van der Waals surface area contributed by atoms with Gasteiger partial charge in [-0.2, -0.15) is 0 Å². The molecule has 6 saturated carbocycles. The first-order valence-corrected chi connectivity index (χ1v) is 9.17. The maximum absolute atomic E-state index is 6.23. The van der Waals surface area contributed by atoms with E-state index in [9.17, 15) is 0 Å². The zero-order chi connectivity index (χ0) is 13.1. The fraction of sp³-hybridized carbons (Fsp3) is 1.00. The van der Waals surface area contributed by atoms with Crippen LogP contribution in [0.1, 0.15) is 0 Å². The molecule has 8 rings (SSSR count). The normalized spacial score (nSPS) is 71.1. The Kier molecular flexibility index (Phi) is 1.54. The Labute approximate surface area is 133 Å². The lowest BCUT2D eigenvalue weighted by atomic mass is 9.40. The van der Waals surface area contributed by atoms with E-state index in [0.717, 1.165) is 26.4 Å². The topological polar surface area (TPSA) is 36.9 Å². The molecule has 6 heteroatoms. The van der Waals surface area contributed by atoms with Crippen molar-refractivity contribution in [1.29, 1.82) is 0 Å². The zero-order valence-electron chi connectivity index (χ0n) is 10.7. The third-order valence-electron chi connectivity index (χ3n) is 7.64. The fourth-order valence-corrected chi connectivity index (χ4v) is 11.0. The van der Waals surface area contributed by atoms with E-state index in [4.69, 9.17) is 18.9 Å². The molecule has 0 amide bonds. The van der Waals surface area contributed by atoms with Crippen molar-refractivity contribution in [2.24, 2.45) is 35.5 Å². The molecule has 0 N–H and O–H groups in total. The van der Waals surface area contributed by atoms with Gasteiger partial charge in [0.25, 0.3) is 0 Å². The van der Waals surface area contributed by atoms with Gasteiger partial charge in [0.05, 0.1) is 35.1 Å². The van der Waals surface area contributed by atoms with Gasteiger partial charge in [-0.15, -0.1) is 0 Å². The Morgan fingerprint density at radius 3 is 1.20 bits per heavy atom. The molecule has 4 bridgehead atoms. The highest BCUT2D eigenvalue weighted by Crippen LogP contribution is 2.99. The average Bonchev–Trinajstić information content (AvgIpc) is 3.19. The molecule has 0 radical (unpaired) electrons. The Morgan fingerprint density at radius 1 is 0.550 bits per heavy atom. The predicted molar refractivity (Wildman–Crippen MR) is 73.5 cm³/mol. The van der Waals surface area contributed by atoms with Crippen LogP contribution in [0, 0.1) is 35.5 Å². The molecule has 8 fully saturated rings. The molecular weight excluding hydrogens is 392 g/mol. The van der Waals surface area contributed by atoms with Crippen LogP contribution in [-0.4, -0.2) is 46.7 Å². The lowest BCUT2D eigenvalue weighted by Gasteiger charge is -2.70. The van der Waals surface area contributed by atoms with E-state index in [1.807, 2.05) is 0 Å². The number of alkyl halides is 2. The van der Waals surface area contributed by atoms with Crippen LogP contribution in [0.5, 0.6) is 0 Å². The van der Waals surface area contributed by atoms with Gasteiger partial charge in [0.15, 0.2) is 11.6 Å². The molecule has 20 heavy (non-hydrogen) atoms. The van der Waals surface area contributed by atoms with Gasteiger partial charge in [0.1, 0.15) is 0 Å². The quantitative estimate of drug-likeness (QED) is 0.572. The Morgan fingerprint density at radius 2 is 0.850 bits per heavy atom. The van der Waals surface area contributed by atoms with E-state index in [1.165, 1.54) is 0 Å². The van der Waals surface area contributed by atoms with Gasteiger partial charge in [-0.1, -0.05) is 31.9 Å². The molecule has 2 saturated heterocycles. The van der Waals surface area contributed by atoms with E-state index < -0.39 is 11.6 Å². The smallest absolute Gasteiger partial charge is 0.188 e. The minimum Gasteiger partial charge on any atom is -0.346 e. The molecule has 0 aromatic heterocycles. The minimum absolute atomic E-state index is 0.0112. The van der Waals surface area contributed by atoms with Crippen LogP contribution >= 0.6 is 31.9 Å². The molecule has 4 nitrogen and oxygen atoms in total. The summed E-state index contributed by atoms with van der Waals surface area (Å²) < 4.78 is 25.0. The maximum atomic E-state index is 6.23. The third-order valence-corrected chi connectivity index (χ3v) is 10.9. The van der Waals surface area contributed by atoms with Crippen molar-refractivity contribution in [2.45, 2.75) is 20.2 Å². The van der Waals surface area contributed by atoms with Crippen molar-refractivity contribution in [1.82, 2.24) is 0 Å². The first-order chi connectivity index (χ1) is 9.65. The Balaban J connectivity index is 1.53. The van der Waals surface area contributed by atoms with Crippen LogP contribution in [0.2, 0.25) is 0 Å². The highest BCUT2D eigenvalue weighted by Gasteiger charge is 3.08. The molecule has 2 heterocycles. The first-order valence-electron chi connectivity index (χ1n) is 7.58. The van der Waals surface area contributed by atoms with Gasteiger partial charge in [0.2, 0.25) is 0 Å². The molecule has 108 valence electrons. The van der Waals surface area contributed by atoms with E-state index >= 15 is 0 Å². The van der Waals surface area contributed by atoms with Gasteiger partial charge < -0.3 is 18.9 Å². The summed E-state index contributed by atoms with van der Waals surface area (Å²) in [6.07, 6.45) is 0. The van der Waals surface area contributed by atoms with Crippen LogP contribution in [0.3, 0.4) is 0 Å². The fourth-order valence-electron chi connectivity index (χ4n) is 7.71. The maximum Gasteiger partial charge on any atom is 0.188 e. The lowest BCUT2D eigenvalue weighted by Crippen LogP contribution is -2.76. The molecular formula is C14H14Br2O4. The van der Waals surface area contributed by atoms with Crippen LogP contribution in [0.25, 0.3) is 0 Å². The van der Waals surface area contributed by atoms with Crippen molar-refractivity contribution in [3.63, 3.8) is 0 Å². The summed E-state index contributed by atoms with van der Waals surface area (Å²) >= 11 is 8.19. The summed E-state index contributed by atoms with van der Waals surface area (Å²) in [5, 5.41) is 0. The molecule has 0 aromatic carbocycles. The summed E-state index contributed by atoms with van der Waals surface area (Å²) in [6.45, 7) is 2.88. The number of hydrogen-bond donors (Lipinski definition) is 0. The summed E-state index contributed by atoms with van der Waals surface area (Å²) in [5.74, 6) is 2.47. The summed E-state index contributed by atoms with van der Waals surface area (Å²) in [7, 11) is 0. The summed E-state index contributed by atoms with van der Waals surface area (Å²) in [4.78, 5) is 0. The summed E-state index contributed by atoms with van der Waals surface area (Å²) in [5.41, 5.74) is 0. The average molecular weight is 406 g/mol. The lowest BCUT2D eigenvalue weighted by molar-refractivity contribution is -0.229. The molecule has 0 unspecified atom stereocenters. The minimum atomic E-state index is -0.414. The Bertz CT molecular complexity index is 522. The van der Waals surface area contributed by atoms with Crippen LogP contribution < -0.4 is 0 Å². The second-order valence-electron chi connectivity index (χ2n) is 7.42. The largest absolute Gasteiger partial charge is 0.346 e. The van der Waals surface area contributed by atoms with Crippen LogP contribution in [-0.2, 0) is 18.9 Å². The zero-order valence-corrected chi connectivity index (χ0v) is 13.9. The highest BCUT2D eigenvalue weighted by atomic mass is 79.9. The summed E-state index contributed by atoms with van der Waals surface area (Å²) in [6, 6.07) is 0. The second-order valence-corrected chi connectivity index (χ2v) is 10.0. The molecule has 8 atom stereocenters. The van der Waals surface area contributed by atoms with Gasteiger partial charge in [0, 0.05) is 11.8 Å². The SMILES string of the molecule is Br[C@]12[C@@H]3[C@@H]4[C@H]1[C@@H]1[C@H]([C@@H]3[C@]4(Br)C13OCCO3)C21OCCO1. The monoisotopic (exact) mass is 404 g/mol. The second kappa shape index (κ2) is 2.71. The van der Waals surface area contributed by atoms with Crippen molar-refractivity contribution < 1.29 is 18.9 Å². The number of rotatable bonds is 0. The predicted octanol–water partition coefficient (Wildman–Crippen LogP) is 1.51. The van der Waals surface area contributed by atoms with Gasteiger partial charge in [-0.05, 0) is 23.7 Å².